The number of carbonyl (C=O) groups is 1. The van der Waals surface area contributed by atoms with Crippen LogP contribution < -0.4 is 5.32 Å². The summed E-state index contributed by atoms with van der Waals surface area (Å²) in [6, 6.07) is 23.6. The molecule has 0 aromatic heterocycles. The van der Waals surface area contributed by atoms with Gasteiger partial charge in [-0.1, -0.05) is 74.5 Å². The fourth-order valence-electron chi connectivity index (χ4n) is 3.78. The topological polar surface area (TPSA) is 69.6 Å². The van der Waals surface area contributed by atoms with Crippen molar-refractivity contribution in [3.8, 4) is 11.1 Å². The molecule has 3 aromatic carbocycles. The third kappa shape index (κ3) is 7.88. The maximum Gasteiger partial charge on any atom is 0.336 e. The van der Waals surface area contributed by atoms with Crippen LogP contribution in [0.15, 0.2) is 77.7 Å². The van der Waals surface area contributed by atoms with Crippen molar-refractivity contribution in [2.45, 2.75) is 55.9 Å². The molecule has 3 rings (SSSR count). The van der Waals surface area contributed by atoms with Gasteiger partial charge in [0, 0.05) is 22.2 Å². The molecule has 0 heterocycles. The van der Waals surface area contributed by atoms with Gasteiger partial charge in [-0.3, -0.25) is 0 Å². The second-order valence-corrected chi connectivity index (χ2v) is 10.9. The Morgan fingerprint density at radius 1 is 0.971 bits per heavy atom. The lowest BCUT2D eigenvalue weighted by Crippen LogP contribution is -2.43. The third-order valence-corrected chi connectivity index (χ3v) is 6.53. The van der Waals surface area contributed by atoms with Crippen LogP contribution in [0.5, 0.6) is 0 Å². The number of hydrogen-bond acceptors (Lipinski definition) is 4. The SMILES string of the molecule is CC(C)Sc1cc(-c2ccc(CC(C)(C)NC[C@H](O)c3ccccc3)cc2)ccc1C(=O)O.Cl. The smallest absolute Gasteiger partial charge is 0.336 e. The Hall–Kier alpha value is -2.31. The maximum absolute atomic E-state index is 11.6. The Balaban J connectivity index is 0.00000408. The lowest BCUT2D eigenvalue weighted by molar-refractivity contribution is 0.0693. The van der Waals surface area contributed by atoms with Gasteiger partial charge >= 0.3 is 5.97 Å². The first-order valence-electron chi connectivity index (χ1n) is 11.3. The molecule has 0 amide bonds. The van der Waals surface area contributed by atoms with Crippen molar-refractivity contribution in [2.24, 2.45) is 0 Å². The third-order valence-electron chi connectivity index (χ3n) is 5.47. The fraction of sp³-hybridized carbons (Fsp3) is 0.321. The average molecular weight is 500 g/mol. The zero-order chi connectivity index (χ0) is 24.0. The van der Waals surface area contributed by atoms with Gasteiger partial charge in [-0.2, -0.15) is 0 Å². The summed E-state index contributed by atoms with van der Waals surface area (Å²) in [5, 5.41) is 23.7. The number of aromatic carboxylic acids is 1. The van der Waals surface area contributed by atoms with E-state index in [2.05, 4.69) is 57.3 Å². The van der Waals surface area contributed by atoms with E-state index in [9.17, 15) is 15.0 Å². The minimum Gasteiger partial charge on any atom is -0.478 e. The summed E-state index contributed by atoms with van der Waals surface area (Å²) in [6.07, 6.45) is 0.279. The molecule has 0 aliphatic carbocycles. The van der Waals surface area contributed by atoms with E-state index in [0.717, 1.165) is 28.0 Å². The van der Waals surface area contributed by atoms with Crippen LogP contribution in [0.4, 0.5) is 0 Å². The normalized spacial score (nSPS) is 12.3. The van der Waals surface area contributed by atoms with Gasteiger partial charge in [0.15, 0.2) is 0 Å². The lowest BCUT2D eigenvalue weighted by Gasteiger charge is -2.28. The van der Waals surface area contributed by atoms with Gasteiger partial charge in [0.25, 0.3) is 0 Å². The van der Waals surface area contributed by atoms with E-state index in [-0.39, 0.29) is 17.9 Å². The van der Waals surface area contributed by atoms with Crippen LogP contribution in [0, 0.1) is 0 Å². The second kappa shape index (κ2) is 12.4. The van der Waals surface area contributed by atoms with E-state index in [1.807, 2.05) is 42.5 Å². The average Bonchev–Trinajstić information content (AvgIpc) is 2.78. The Morgan fingerprint density at radius 2 is 1.59 bits per heavy atom. The molecular weight excluding hydrogens is 466 g/mol. The van der Waals surface area contributed by atoms with Gasteiger partial charge in [0.1, 0.15) is 0 Å². The molecule has 0 saturated carbocycles. The molecule has 0 fully saturated rings. The summed E-state index contributed by atoms with van der Waals surface area (Å²) >= 11 is 1.57. The van der Waals surface area contributed by atoms with Crippen molar-refractivity contribution in [1.82, 2.24) is 5.32 Å². The maximum atomic E-state index is 11.6. The number of carboxylic acids is 1. The Kier molecular flexibility index (Phi) is 10.2. The number of rotatable bonds is 10. The van der Waals surface area contributed by atoms with Gasteiger partial charge in [-0.25, -0.2) is 4.79 Å². The van der Waals surface area contributed by atoms with Crippen LogP contribution in [0.3, 0.4) is 0 Å². The molecule has 0 radical (unpaired) electrons. The first kappa shape index (κ1) is 27.9. The fourth-order valence-corrected chi connectivity index (χ4v) is 4.77. The Labute approximate surface area is 213 Å². The number of hydrogen-bond donors (Lipinski definition) is 3. The number of aliphatic hydroxyl groups is 1. The predicted octanol–water partition coefficient (Wildman–Crippen LogP) is 6.62. The molecule has 0 aliphatic rings. The number of nitrogens with one attached hydrogen (secondary N) is 1. The van der Waals surface area contributed by atoms with Crippen LogP contribution in [0.1, 0.15) is 55.3 Å². The lowest BCUT2D eigenvalue weighted by atomic mass is 9.93. The molecule has 1 atom stereocenters. The molecule has 0 aliphatic heterocycles. The summed E-state index contributed by atoms with van der Waals surface area (Å²) in [4.78, 5) is 12.4. The number of β-amino-alcohol motifs (C(OH)–C–C–N with tert-alkyl or cyclic N) is 1. The second-order valence-electron chi connectivity index (χ2n) is 9.25. The Bertz CT molecular complexity index is 1070. The predicted molar refractivity (Wildman–Crippen MR) is 144 cm³/mol. The number of benzene rings is 3. The Morgan fingerprint density at radius 3 is 2.18 bits per heavy atom. The number of halogens is 1. The number of thioether (sulfide) groups is 1. The molecule has 182 valence electrons. The molecule has 3 N–H and O–H groups in total. The summed E-state index contributed by atoms with van der Waals surface area (Å²) in [6.45, 7) is 8.89. The molecular formula is C28H34ClNO3S. The van der Waals surface area contributed by atoms with E-state index < -0.39 is 12.1 Å². The van der Waals surface area contributed by atoms with Crippen molar-refractivity contribution in [3.05, 3.63) is 89.5 Å². The largest absolute Gasteiger partial charge is 0.478 e. The summed E-state index contributed by atoms with van der Waals surface area (Å²) in [5.41, 5.74) is 4.35. The van der Waals surface area contributed by atoms with Crippen LogP contribution in [0.25, 0.3) is 11.1 Å². The van der Waals surface area contributed by atoms with Crippen LogP contribution >= 0.6 is 24.2 Å². The van der Waals surface area contributed by atoms with Crippen molar-refractivity contribution in [1.29, 1.82) is 0 Å². The number of aliphatic hydroxyl groups excluding tert-OH is 1. The quantitative estimate of drug-likeness (QED) is 0.273. The molecule has 0 spiro atoms. The monoisotopic (exact) mass is 499 g/mol. The van der Waals surface area contributed by atoms with Gasteiger partial charge in [-0.05, 0) is 54.7 Å². The molecule has 0 unspecified atom stereocenters. The van der Waals surface area contributed by atoms with Crippen LogP contribution in [0.2, 0.25) is 0 Å². The molecule has 0 bridgehead atoms. The summed E-state index contributed by atoms with van der Waals surface area (Å²) in [5.74, 6) is -0.896. The zero-order valence-corrected chi connectivity index (χ0v) is 21.7. The van der Waals surface area contributed by atoms with Gasteiger partial charge in [-0.15, -0.1) is 24.2 Å². The number of carboxylic acid groups (broad SMARTS) is 1. The minimum atomic E-state index is -0.896. The van der Waals surface area contributed by atoms with E-state index in [1.165, 1.54) is 5.56 Å². The van der Waals surface area contributed by atoms with Crippen molar-refractivity contribution in [2.75, 3.05) is 6.54 Å². The molecule has 3 aromatic rings. The standard InChI is InChI=1S/C28H33NO3S.ClH/c1-19(2)33-26-16-23(14-15-24(26)27(31)32)21-12-10-20(11-13-21)17-28(3,4)29-18-25(30)22-8-6-5-7-9-22;/h5-16,19,25,29-30H,17-18H2,1-4H3,(H,31,32);1H/t25-;/m0./s1. The van der Waals surface area contributed by atoms with E-state index >= 15 is 0 Å². The van der Waals surface area contributed by atoms with Crippen LogP contribution in [-0.2, 0) is 6.42 Å². The highest BCUT2D eigenvalue weighted by atomic mass is 35.5. The summed E-state index contributed by atoms with van der Waals surface area (Å²) < 4.78 is 0. The van der Waals surface area contributed by atoms with Gasteiger partial charge in [0.05, 0.1) is 11.7 Å². The minimum absolute atomic E-state index is 0. The highest BCUT2D eigenvalue weighted by Crippen LogP contribution is 2.32. The van der Waals surface area contributed by atoms with Crippen molar-refractivity contribution >= 4 is 30.1 Å². The van der Waals surface area contributed by atoms with E-state index in [1.54, 1.807) is 17.8 Å². The van der Waals surface area contributed by atoms with Crippen molar-refractivity contribution in [3.63, 3.8) is 0 Å². The summed E-state index contributed by atoms with van der Waals surface area (Å²) in [7, 11) is 0. The first-order valence-corrected chi connectivity index (χ1v) is 12.1. The molecule has 6 heteroatoms. The zero-order valence-electron chi connectivity index (χ0n) is 20.1. The van der Waals surface area contributed by atoms with Gasteiger partial charge in [0.2, 0.25) is 0 Å². The first-order chi connectivity index (χ1) is 15.6. The molecule has 4 nitrogen and oxygen atoms in total. The molecule has 0 saturated heterocycles. The van der Waals surface area contributed by atoms with Crippen molar-refractivity contribution < 1.29 is 15.0 Å². The van der Waals surface area contributed by atoms with Gasteiger partial charge < -0.3 is 15.5 Å². The van der Waals surface area contributed by atoms with E-state index in [0.29, 0.717) is 17.4 Å². The van der Waals surface area contributed by atoms with Crippen LogP contribution in [-0.4, -0.2) is 33.5 Å². The highest BCUT2D eigenvalue weighted by molar-refractivity contribution is 8.00. The van der Waals surface area contributed by atoms with E-state index in [4.69, 9.17) is 0 Å². The highest BCUT2D eigenvalue weighted by Gasteiger charge is 2.20. The molecule has 34 heavy (non-hydrogen) atoms.